The van der Waals surface area contributed by atoms with Gasteiger partial charge in [0.15, 0.2) is 0 Å². The number of morpholine rings is 1. The molecule has 1 N–H and O–H groups in total. The third-order valence-corrected chi connectivity index (χ3v) is 5.15. The molecule has 128 valence electrons. The maximum atomic E-state index is 12.5. The molecule has 1 unspecified atom stereocenters. The second kappa shape index (κ2) is 6.91. The van der Waals surface area contributed by atoms with Crippen LogP contribution in [0.4, 0.5) is 0 Å². The molecule has 2 saturated heterocycles. The minimum absolute atomic E-state index is 0.236. The topological polar surface area (TPSA) is 61.5 Å². The zero-order chi connectivity index (χ0) is 16.4. The molecule has 4 heterocycles. The molecular formula is C18H24N4O2. The highest BCUT2D eigenvalue weighted by atomic mass is 16.5. The van der Waals surface area contributed by atoms with E-state index in [2.05, 4.69) is 27.1 Å². The Labute approximate surface area is 141 Å². The number of ether oxygens (including phenoxy) is 1. The summed E-state index contributed by atoms with van der Waals surface area (Å²) >= 11 is 0. The van der Waals surface area contributed by atoms with Gasteiger partial charge in [0.25, 0.3) is 0 Å². The number of aromatic amines is 1. The number of H-pyrrole nitrogens is 1. The molecule has 0 aromatic carbocycles. The van der Waals surface area contributed by atoms with Crippen molar-refractivity contribution in [3.05, 3.63) is 30.1 Å². The van der Waals surface area contributed by atoms with Crippen LogP contribution in [0.3, 0.4) is 0 Å². The summed E-state index contributed by atoms with van der Waals surface area (Å²) in [5.41, 5.74) is 2.29. The first kappa shape index (κ1) is 15.6. The third kappa shape index (κ3) is 3.16. The van der Waals surface area contributed by atoms with Crippen molar-refractivity contribution < 1.29 is 9.53 Å². The second-order valence-corrected chi connectivity index (χ2v) is 6.71. The number of hydrogen-bond acceptors (Lipinski definition) is 4. The fraction of sp³-hybridized carbons (Fsp3) is 0.556. The SMILES string of the molecule is O=C(CN1CCCC(c2c[nH]c3ncccc23)C1)N1CCOCC1. The van der Waals surface area contributed by atoms with Crippen LogP contribution in [-0.2, 0) is 9.53 Å². The Kier molecular flexibility index (Phi) is 4.49. The Morgan fingerprint density at radius 1 is 1.33 bits per heavy atom. The number of amides is 1. The molecule has 2 aromatic rings. The molecular weight excluding hydrogens is 304 g/mol. The van der Waals surface area contributed by atoms with E-state index in [0.29, 0.717) is 25.7 Å². The summed E-state index contributed by atoms with van der Waals surface area (Å²) in [5.74, 6) is 0.703. The summed E-state index contributed by atoms with van der Waals surface area (Å²) in [6.07, 6.45) is 6.21. The summed E-state index contributed by atoms with van der Waals surface area (Å²) in [4.78, 5) is 24.4. The Bertz CT molecular complexity index is 708. The molecule has 0 bridgehead atoms. The van der Waals surface area contributed by atoms with Crippen LogP contribution in [-0.4, -0.2) is 71.6 Å². The number of hydrogen-bond donors (Lipinski definition) is 1. The number of piperidine rings is 1. The average molecular weight is 328 g/mol. The highest BCUT2D eigenvalue weighted by Crippen LogP contribution is 2.31. The monoisotopic (exact) mass is 328 g/mol. The van der Waals surface area contributed by atoms with Crippen LogP contribution in [0.15, 0.2) is 24.5 Å². The number of fused-ring (bicyclic) bond motifs is 1. The van der Waals surface area contributed by atoms with E-state index in [0.717, 1.165) is 38.2 Å². The summed E-state index contributed by atoms with van der Waals surface area (Å²) in [7, 11) is 0. The Morgan fingerprint density at radius 2 is 2.21 bits per heavy atom. The maximum Gasteiger partial charge on any atom is 0.236 e. The van der Waals surface area contributed by atoms with E-state index in [-0.39, 0.29) is 5.91 Å². The largest absolute Gasteiger partial charge is 0.378 e. The van der Waals surface area contributed by atoms with Crippen molar-refractivity contribution in [1.29, 1.82) is 0 Å². The summed E-state index contributed by atoms with van der Waals surface area (Å²) in [6, 6.07) is 4.12. The lowest BCUT2D eigenvalue weighted by Crippen LogP contribution is -2.47. The van der Waals surface area contributed by atoms with Crippen molar-refractivity contribution >= 4 is 16.9 Å². The second-order valence-electron chi connectivity index (χ2n) is 6.71. The first-order valence-electron chi connectivity index (χ1n) is 8.81. The Balaban J connectivity index is 1.43. The van der Waals surface area contributed by atoms with Crippen LogP contribution in [0.2, 0.25) is 0 Å². The fourth-order valence-corrected chi connectivity index (χ4v) is 3.87. The lowest BCUT2D eigenvalue weighted by atomic mass is 9.90. The molecule has 1 atom stereocenters. The highest BCUT2D eigenvalue weighted by Gasteiger charge is 2.26. The van der Waals surface area contributed by atoms with Crippen molar-refractivity contribution in [2.24, 2.45) is 0 Å². The number of nitrogens with one attached hydrogen (secondary N) is 1. The van der Waals surface area contributed by atoms with E-state index in [9.17, 15) is 4.79 Å². The van der Waals surface area contributed by atoms with Gasteiger partial charge in [-0.1, -0.05) is 0 Å². The Hall–Kier alpha value is -1.92. The molecule has 0 spiro atoms. The van der Waals surface area contributed by atoms with Gasteiger partial charge in [-0.2, -0.15) is 0 Å². The van der Waals surface area contributed by atoms with Crippen LogP contribution in [0, 0.1) is 0 Å². The molecule has 1 amide bonds. The fourth-order valence-electron chi connectivity index (χ4n) is 3.87. The summed E-state index contributed by atoms with van der Waals surface area (Å²) in [6.45, 7) is 5.25. The number of carbonyl (C=O) groups excluding carboxylic acids is 1. The van der Waals surface area contributed by atoms with Crippen molar-refractivity contribution in [2.75, 3.05) is 45.9 Å². The first-order valence-corrected chi connectivity index (χ1v) is 8.81. The lowest BCUT2D eigenvalue weighted by molar-refractivity contribution is -0.136. The minimum atomic E-state index is 0.236. The van der Waals surface area contributed by atoms with E-state index in [4.69, 9.17) is 4.74 Å². The predicted molar refractivity (Wildman–Crippen MR) is 91.9 cm³/mol. The molecule has 2 fully saturated rings. The van der Waals surface area contributed by atoms with Gasteiger partial charge in [0, 0.05) is 37.4 Å². The van der Waals surface area contributed by atoms with E-state index < -0.39 is 0 Å². The molecule has 4 rings (SSSR count). The smallest absolute Gasteiger partial charge is 0.236 e. The number of rotatable bonds is 3. The molecule has 2 aliphatic heterocycles. The van der Waals surface area contributed by atoms with Crippen LogP contribution in [0.5, 0.6) is 0 Å². The zero-order valence-corrected chi connectivity index (χ0v) is 13.9. The number of pyridine rings is 1. The molecule has 6 nitrogen and oxygen atoms in total. The first-order chi connectivity index (χ1) is 11.8. The lowest BCUT2D eigenvalue weighted by Gasteiger charge is -2.34. The van der Waals surface area contributed by atoms with Gasteiger partial charge < -0.3 is 14.6 Å². The molecule has 0 radical (unpaired) electrons. The summed E-state index contributed by atoms with van der Waals surface area (Å²) < 4.78 is 5.33. The number of likely N-dealkylation sites (tertiary alicyclic amines) is 1. The van der Waals surface area contributed by atoms with E-state index in [1.165, 1.54) is 17.4 Å². The van der Waals surface area contributed by atoms with Crippen LogP contribution in [0.25, 0.3) is 11.0 Å². The van der Waals surface area contributed by atoms with E-state index >= 15 is 0 Å². The van der Waals surface area contributed by atoms with Crippen LogP contribution < -0.4 is 0 Å². The normalized spacial score (nSPS) is 22.8. The minimum Gasteiger partial charge on any atom is -0.378 e. The van der Waals surface area contributed by atoms with Gasteiger partial charge in [-0.3, -0.25) is 9.69 Å². The third-order valence-electron chi connectivity index (χ3n) is 5.15. The van der Waals surface area contributed by atoms with Crippen molar-refractivity contribution in [2.45, 2.75) is 18.8 Å². The number of aromatic nitrogens is 2. The van der Waals surface area contributed by atoms with Crippen molar-refractivity contribution in [3.63, 3.8) is 0 Å². The molecule has 24 heavy (non-hydrogen) atoms. The van der Waals surface area contributed by atoms with Crippen LogP contribution in [0.1, 0.15) is 24.3 Å². The van der Waals surface area contributed by atoms with E-state index in [1.54, 1.807) is 0 Å². The predicted octanol–water partition coefficient (Wildman–Crippen LogP) is 1.60. The van der Waals surface area contributed by atoms with Crippen LogP contribution >= 0.6 is 0 Å². The van der Waals surface area contributed by atoms with Gasteiger partial charge >= 0.3 is 0 Å². The van der Waals surface area contributed by atoms with Crippen molar-refractivity contribution in [1.82, 2.24) is 19.8 Å². The zero-order valence-electron chi connectivity index (χ0n) is 13.9. The summed E-state index contributed by atoms with van der Waals surface area (Å²) in [5, 5.41) is 1.21. The average Bonchev–Trinajstić information content (AvgIpc) is 3.07. The quantitative estimate of drug-likeness (QED) is 0.930. The van der Waals surface area contributed by atoms with Gasteiger partial charge in [0.2, 0.25) is 5.91 Å². The molecule has 2 aliphatic rings. The Morgan fingerprint density at radius 3 is 3.08 bits per heavy atom. The molecule has 0 aliphatic carbocycles. The number of nitrogens with zero attached hydrogens (tertiary/aromatic N) is 3. The molecule has 0 saturated carbocycles. The number of carbonyl (C=O) groups is 1. The van der Waals surface area contributed by atoms with E-state index in [1.807, 2.05) is 17.2 Å². The van der Waals surface area contributed by atoms with Gasteiger partial charge in [-0.15, -0.1) is 0 Å². The standard InChI is InChI=1S/C18H24N4O2/c23-17(22-7-9-24-10-8-22)13-21-6-2-3-14(12-21)16-11-20-18-15(16)4-1-5-19-18/h1,4-5,11,14H,2-3,6-10,12-13H2,(H,19,20). The van der Waals surface area contributed by atoms with Crippen molar-refractivity contribution in [3.8, 4) is 0 Å². The molecule has 2 aromatic heterocycles. The highest BCUT2D eigenvalue weighted by molar-refractivity contribution is 5.80. The molecule has 6 heteroatoms. The van der Waals surface area contributed by atoms with Gasteiger partial charge in [0.05, 0.1) is 19.8 Å². The maximum absolute atomic E-state index is 12.5. The van der Waals surface area contributed by atoms with Gasteiger partial charge in [-0.05, 0) is 43.0 Å². The van der Waals surface area contributed by atoms with Gasteiger partial charge in [0.1, 0.15) is 5.65 Å². The van der Waals surface area contributed by atoms with Gasteiger partial charge in [-0.25, -0.2) is 4.98 Å².